The van der Waals surface area contributed by atoms with Crippen molar-refractivity contribution in [3.63, 3.8) is 0 Å². The van der Waals surface area contributed by atoms with Crippen molar-refractivity contribution in [1.29, 1.82) is 0 Å². The number of nitrogens with one attached hydrogen (secondary N) is 1. The number of ether oxygens (including phenoxy) is 1. The molecule has 13 heteroatoms. The SMILES string of the molecule is CCCC(=O)N(CCC(=O)c1c(CC)nc(CCC)n1Cc1ccc(-c2ccccc2S(=O)(=O)NC(=O)OCCC(C)C)cc1F)c1ccccn1. The summed E-state index contributed by atoms with van der Waals surface area (Å²) in [6, 6.07) is 15.7. The van der Waals surface area contributed by atoms with Crippen LogP contribution in [0.15, 0.2) is 71.8 Å². The molecule has 1 N–H and O–H groups in total. The summed E-state index contributed by atoms with van der Waals surface area (Å²) < 4.78 is 51.2. The molecule has 0 aliphatic heterocycles. The number of ketones is 1. The average molecular weight is 734 g/mol. The number of carbonyl (C=O) groups is 3. The Morgan fingerprint density at radius 3 is 2.38 bits per heavy atom. The van der Waals surface area contributed by atoms with Crippen LogP contribution < -0.4 is 9.62 Å². The van der Waals surface area contributed by atoms with E-state index in [4.69, 9.17) is 9.72 Å². The molecule has 2 heterocycles. The molecule has 0 fully saturated rings. The van der Waals surface area contributed by atoms with Gasteiger partial charge in [0.1, 0.15) is 23.2 Å². The van der Waals surface area contributed by atoms with Gasteiger partial charge in [0.05, 0.1) is 23.7 Å². The number of aryl methyl sites for hydroxylation is 2. The topological polar surface area (TPSA) is 141 Å². The van der Waals surface area contributed by atoms with E-state index in [9.17, 15) is 22.8 Å². The van der Waals surface area contributed by atoms with Crippen molar-refractivity contribution < 1.29 is 31.9 Å². The van der Waals surface area contributed by atoms with E-state index in [1.807, 2.05) is 39.3 Å². The Morgan fingerprint density at radius 2 is 1.73 bits per heavy atom. The fourth-order valence-electron chi connectivity index (χ4n) is 5.79. The van der Waals surface area contributed by atoms with Crippen LogP contribution in [-0.2, 0) is 38.9 Å². The quantitative estimate of drug-likeness (QED) is 0.104. The van der Waals surface area contributed by atoms with Crippen LogP contribution in [0.1, 0.15) is 94.3 Å². The Balaban J connectivity index is 1.62. The molecule has 0 saturated carbocycles. The first-order chi connectivity index (χ1) is 24.9. The first-order valence-corrected chi connectivity index (χ1v) is 19.3. The molecule has 0 unspecified atom stereocenters. The van der Waals surface area contributed by atoms with Gasteiger partial charge in [-0.25, -0.2) is 32.3 Å². The van der Waals surface area contributed by atoms with Gasteiger partial charge in [0.15, 0.2) is 5.78 Å². The van der Waals surface area contributed by atoms with Gasteiger partial charge in [-0.15, -0.1) is 0 Å². The van der Waals surface area contributed by atoms with Crippen LogP contribution in [0.3, 0.4) is 0 Å². The molecule has 0 atom stereocenters. The van der Waals surface area contributed by atoms with Gasteiger partial charge in [0.2, 0.25) is 5.91 Å². The molecule has 278 valence electrons. The Kier molecular flexibility index (Phi) is 14.2. The summed E-state index contributed by atoms with van der Waals surface area (Å²) in [5.74, 6) is 0.440. The second-order valence-corrected chi connectivity index (χ2v) is 14.5. The van der Waals surface area contributed by atoms with E-state index in [1.54, 1.807) is 47.2 Å². The number of benzene rings is 2. The molecule has 0 aliphatic carbocycles. The smallest absolute Gasteiger partial charge is 0.421 e. The molecule has 52 heavy (non-hydrogen) atoms. The maximum Gasteiger partial charge on any atom is 0.421 e. The summed E-state index contributed by atoms with van der Waals surface area (Å²) in [5.41, 5.74) is 1.73. The first-order valence-electron chi connectivity index (χ1n) is 17.8. The summed E-state index contributed by atoms with van der Waals surface area (Å²) in [7, 11) is -4.35. The molecular formula is C39H48FN5O6S. The van der Waals surface area contributed by atoms with Crippen molar-refractivity contribution in [3.05, 3.63) is 95.5 Å². The molecule has 4 aromatic rings. The number of aromatic nitrogens is 3. The standard InChI is InChI=1S/C39H48FN5O6S/c1-6-13-36-42-32(8-3)38(33(46)20-23-44(37(47)14-7-2)35-17-11-12-22-41-35)45(36)26-29-19-18-28(25-31(29)40)30-15-9-10-16-34(30)52(49,50)43-39(48)51-24-21-27(4)5/h9-12,15-19,22,25,27H,6-8,13-14,20-21,23-24,26H2,1-5H3,(H,43,48). The number of rotatable bonds is 18. The number of carbonyl (C=O) groups excluding carboxylic acids is 3. The van der Waals surface area contributed by atoms with Crippen LogP contribution in [0, 0.1) is 11.7 Å². The lowest BCUT2D eigenvalue weighted by Crippen LogP contribution is -2.33. The zero-order chi connectivity index (χ0) is 37.8. The first kappa shape index (κ1) is 39.9. The lowest BCUT2D eigenvalue weighted by Gasteiger charge is -2.21. The average Bonchev–Trinajstić information content (AvgIpc) is 3.46. The number of pyridine rings is 1. The van der Waals surface area contributed by atoms with Gasteiger partial charge in [-0.3, -0.25) is 14.5 Å². The lowest BCUT2D eigenvalue weighted by molar-refractivity contribution is -0.118. The number of Topliss-reactive ketones (excluding diaryl/α,β-unsaturated/α-hetero) is 1. The summed E-state index contributed by atoms with van der Waals surface area (Å²) in [4.78, 5) is 49.7. The van der Waals surface area contributed by atoms with Gasteiger partial charge >= 0.3 is 6.09 Å². The van der Waals surface area contributed by atoms with Crippen LogP contribution in [0.4, 0.5) is 15.0 Å². The van der Waals surface area contributed by atoms with E-state index in [2.05, 4.69) is 4.98 Å². The van der Waals surface area contributed by atoms with E-state index in [1.165, 1.54) is 29.2 Å². The normalized spacial score (nSPS) is 11.4. The molecule has 0 spiro atoms. The van der Waals surface area contributed by atoms with Crippen LogP contribution in [0.2, 0.25) is 0 Å². The van der Waals surface area contributed by atoms with Crippen molar-refractivity contribution in [2.24, 2.45) is 5.92 Å². The van der Waals surface area contributed by atoms with E-state index < -0.39 is 21.9 Å². The van der Waals surface area contributed by atoms with Gasteiger partial charge < -0.3 is 9.30 Å². The zero-order valence-corrected chi connectivity index (χ0v) is 31.3. The maximum atomic E-state index is 16.0. The highest BCUT2D eigenvalue weighted by Crippen LogP contribution is 2.30. The van der Waals surface area contributed by atoms with Crippen LogP contribution in [0.25, 0.3) is 11.1 Å². The molecular weight excluding hydrogens is 686 g/mol. The number of hydrogen-bond acceptors (Lipinski definition) is 8. The minimum atomic E-state index is -4.35. The molecule has 0 saturated heterocycles. The number of halogens is 1. The number of nitrogens with zero attached hydrogens (tertiary/aromatic N) is 4. The summed E-state index contributed by atoms with van der Waals surface area (Å²) in [6.45, 7) is 9.94. The van der Waals surface area contributed by atoms with Gasteiger partial charge in [-0.2, -0.15) is 0 Å². The molecule has 0 bridgehead atoms. The van der Waals surface area contributed by atoms with Crippen LogP contribution in [0.5, 0.6) is 0 Å². The predicted octanol–water partition coefficient (Wildman–Crippen LogP) is 7.51. The Bertz CT molecular complexity index is 1960. The van der Waals surface area contributed by atoms with Crippen LogP contribution >= 0.6 is 0 Å². The monoisotopic (exact) mass is 733 g/mol. The molecule has 2 aromatic carbocycles. The van der Waals surface area contributed by atoms with Crippen molar-refractivity contribution in [2.45, 2.75) is 91.0 Å². The number of amides is 2. The molecule has 2 aromatic heterocycles. The Morgan fingerprint density at radius 1 is 0.981 bits per heavy atom. The third kappa shape index (κ3) is 10.1. The maximum absolute atomic E-state index is 16.0. The molecule has 4 rings (SSSR count). The van der Waals surface area contributed by atoms with Crippen molar-refractivity contribution in [1.82, 2.24) is 19.3 Å². The second-order valence-electron chi connectivity index (χ2n) is 12.9. The lowest BCUT2D eigenvalue weighted by atomic mass is 10.0. The summed E-state index contributed by atoms with van der Waals surface area (Å²) in [6.07, 6.45) is 3.87. The second kappa shape index (κ2) is 18.5. The largest absolute Gasteiger partial charge is 0.449 e. The van der Waals surface area contributed by atoms with Crippen molar-refractivity contribution in [2.75, 3.05) is 18.1 Å². The fourth-order valence-corrected chi connectivity index (χ4v) is 6.91. The van der Waals surface area contributed by atoms with Gasteiger partial charge in [-0.1, -0.05) is 71.0 Å². The Hall–Kier alpha value is -4.91. The predicted molar refractivity (Wildman–Crippen MR) is 198 cm³/mol. The minimum absolute atomic E-state index is 0.0119. The summed E-state index contributed by atoms with van der Waals surface area (Å²) in [5, 5.41) is 0. The number of hydrogen-bond donors (Lipinski definition) is 1. The number of sulfonamides is 1. The van der Waals surface area contributed by atoms with E-state index in [0.717, 1.165) is 6.42 Å². The highest BCUT2D eigenvalue weighted by atomic mass is 32.2. The van der Waals surface area contributed by atoms with E-state index in [0.29, 0.717) is 55.1 Å². The highest BCUT2D eigenvalue weighted by molar-refractivity contribution is 7.90. The van der Waals surface area contributed by atoms with Crippen molar-refractivity contribution in [3.8, 4) is 11.1 Å². The number of anilines is 1. The third-order valence-corrected chi connectivity index (χ3v) is 9.83. The molecule has 0 radical (unpaired) electrons. The third-order valence-electron chi connectivity index (χ3n) is 8.46. The summed E-state index contributed by atoms with van der Waals surface area (Å²) >= 11 is 0. The molecule has 0 aliphatic rings. The minimum Gasteiger partial charge on any atom is -0.449 e. The van der Waals surface area contributed by atoms with Gasteiger partial charge in [-0.05, 0) is 61.4 Å². The molecule has 2 amide bonds. The number of imidazole rings is 1. The van der Waals surface area contributed by atoms with Gasteiger partial charge in [0, 0.05) is 43.1 Å². The van der Waals surface area contributed by atoms with Crippen LogP contribution in [-0.4, -0.2) is 53.9 Å². The van der Waals surface area contributed by atoms with E-state index >= 15 is 4.39 Å². The molecule has 11 nitrogen and oxygen atoms in total. The zero-order valence-electron chi connectivity index (χ0n) is 30.5. The highest BCUT2D eigenvalue weighted by Gasteiger charge is 2.26. The van der Waals surface area contributed by atoms with E-state index in [-0.39, 0.29) is 65.3 Å². The van der Waals surface area contributed by atoms with Gasteiger partial charge in [0.25, 0.3) is 10.0 Å². The van der Waals surface area contributed by atoms with Crippen molar-refractivity contribution >= 4 is 33.6 Å². The fraction of sp³-hybridized carbons (Fsp3) is 0.410. The Labute approximate surface area is 305 Å².